The van der Waals surface area contributed by atoms with Gasteiger partial charge in [-0.3, -0.25) is 0 Å². The van der Waals surface area contributed by atoms with Gasteiger partial charge in [0.15, 0.2) is 0 Å². The van der Waals surface area contributed by atoms with Crippen molar-refractivity contribution in [3.05, 3.63) is 41.5 Å². The number of carboxylic acids is 1. The van der Waals surface area contributed by atoms with Gasteiger partial charge < -0.3 is 9.84 Å². The first-order valence-corrected chi connectivity index (χ1v) is 4.20. The molecule has 0 bridgehead atoms. The van der Waals surface area contributed by atoms with Crippen LogP contribution in [-0.4, -0.2) is 18.2 Å². The largest absolute Gasteiger partial charge is 0.496 e. The standard InChI is InChI=1S/C11H12O3/c1-8(11(12)13)10(14-2)9-6-4-3-5-7-9/h3-7H,1-2H3,(H,12,13)/b10-8-. The second-order valence-corrected chi connectivity index (χ2v) is 2.83. The SMILES string of the molecule is CO/C(=C(/C)C(=O)O)c1ccccc1. The van der Waals surface area contributed by atoms with E-state index in [0.717, 1.165) is 5.56 Å². The van der Waals surface area contributed by atoms with Crippen LogP contribution in [0.5, 0.6) is 0 Å². The van der Waals surface area contributed by atoms with Crippen LogP contribution in [0.3, 0.4) is 0 Å². The Balaban J connectivity index is 3.17. The Kier molecular flexibility index (Phi) is 3.29. The molecule has 3 heteroatoms. The van der Waals surface area contributed by atoms with Crippen LogP contribution in [0, 0.1) is 0 Å². The van der Waals surface area contributed by atoms with Gasteiger partial charge >= 0.3 is 5.97 Å². The third kappa shape index (κ3) is 2.13. The number of benzene rings is 1. The first kappa shape index (κ1) is 10.3. The van der Waals surface area contributed by atoms with E-state index in [9.17, 15) is 4.79 Å². The van der Waals surface area contributed by atoms with E-state index in [1.54, 1.807) is 0 Å². The Hall–Kier alpha value is -1.77. The van der Waals surface area contributed by atoms with Gasteiger partial charge in [0, 0.05) is 5.56 Å². The molecule has 1 rings (SSSR count). The van der Waals surface area contributed by atoms with E-state index in [4.69, 9.17) is 9.84 Å². The van der Waals surface area contributed by atoms with E-state index < -0.39 is 5.97 Å². The maximum Gasteiger partial charge on any atom is 0.335 e. The first-order chi connectivity index (χ1) is 6.66. The van der Waals surface area contributed by atoms with Crippen LogP contribution in [0.25, 0.3) is 5.76 Å². The average Bonchev–Trinajstić information content (AvgIpc) is 2.20. The lowest BCUT2D eigenvalue weighted by Crippen LogP contribution is -2.02. The molecule has 0 aliphatic rings. The second kappa shape index (κ2) is 4.46. The fourth-order valence-electron chi connectivity index (χ4n) is 1.17. The highest BCUT2D eigenvalue weighted by molar-refractivity contribution is 5.94. The molecule has 14 heavy (non-hydrogen) atoms. The Morgan fingerprint density at radius 2 is 1.86 bits per heavy atom. The number of rotatable bonds is 3. The van der Waals surface area contributed by atoms with Crippen LogP contribution in [0.4, 0.5) is 0 Å². The minimum absolute atomic E-state index is 0.207. The molecule has 74 valence electrons. The van der Waals surface area contributed by atoms with Gasteiger partial charge in [-0.25, -0.2) is 4.79 Å². The van der Waals surface area contributed by atoms with E-state index in [0.29, 0.717) is 5.76 Å². The average molecular weight is 192 g/mol. The van der Waals surface area contributed by atoms with Crippen molar-refractivity contribution in [1.29, 1.82) is 0 Å². The number of methoxy groups -OCH3 is 1. The van der Waals surface area contributed by atoms with Crippen molar-refractivity contribution in [2.75, 3.05) is 7.11 Å². The predicted molar refractivity (Wildman–Crippen MR) is 53.7 cm³/mol. The van der Waals surface area contributed by atoms with Crippen molar-refractivity contribution >= 4 is 11.7 Å². The first-order valence-electron chi connectivity index (χ1n) is 4.20. The molecule has 0 saturated heterocycles. The molecule has 0 radical (unpaired) electrons. The molecule has 3 nitrogen and oxygen atoms in total. The van der Waals surface area contributed by atoms with Gasteiger partial charge in [0.1, 0.15) is 5.76 Å². The summed E-state index contributed by atoms with van der Waals surface area (Å²) in [6.07, 6.45) is 0. The van der Waals surface area contributed by atoms with Gasteiger partial charge in [-0.2, -0.15) is 0 Å². The van der Waals surface area contributed by atoms with Crippen molar-refractivity contribution in [2.24, 2.45) is 0 Å². The number of hydrogen-bond donors (Lipinski definition) is 1. The van der Waals surface area contributed by atoms with Crippen LogP contribution < -0.4 is 0 Å². The normalized spacial score (nSPS) is 11.9. The third-order valence-electron chi connectivity index (χ3n) is 1.90. The highest BCUT2D eigenvalue weighted by Crippen LogP contribution is 2.18. The summed E-state index contributed by atoms with van der Waals surface area (Å²) in [5, 5.41) is 8.81. The zero-order valence-electron chi connectivity index (χ0n) is 8.15. The summed E-state index contributed by atoms with van der Waals surface area (Å²) < 4.78 is 5.06. The molecule has 1 aromatic rings. The molecule has 0 amide bonds. The van der Waals surface area contributed by atoms with Crippen LogP contribution >= 0.6 is 0 Å². The van der Waals surface area contributed by atoms with E-state index >= 15 is 0 Å². The van der Waals surface area contributed by atoms with Crippen LogP contribution in [0.2, 0.25) is 0 Å². The topological polar surface area (TPSA) is 46.5 Å². The lowest BCUT2D eigenvalue weighted by Gasteiger charge is -2.08. The molecule has 1 N–H and O–H groups in total. The Bertz CT molecular complexity index is 352. The highest BCUT2D eigenvalue weighted by Gasteiger charge is 2.11. The molecule has 1 aromatic carbocycles. The summed E-state index contributed by atoms with van der Waals surface area (Å²) in [5.74, 6) is -0.566. The number of ether oxygens (including phenoxy) is 1. The summed E-state index contributed by atoms with van der Waals surface area (Å²) in [4.78, 5) is 10.7. The molecule has 0 fully saturated rings. The quantitative estimate of drug-likeness (QED) is 0.589. The van der Waals surface area contributed by atoms with Crippen molar-refractivity contribution in [1.82, 2.24) is 0 Å². The van der Waals surface area contributed by atoms with Gasteiger partial charge in [0.05, 0.1) is 12.7 Å². The smallest absolute Gasteiger partial charge is 0.335 e. The maximum absolute atomic E-state index is 10.7. The Morgan fingerprint density at radius 3 is 2.29 bits per heavy atom. The summed E-state index contributed by atoms with van der Waals surface area (Å²) >= 11 is 0. The van der Waals surface area contributed by atoms with Crippen molar-refractivity contribution in [3.63, 3.8) is 0 Å². The van der Waals surface area contributed by atoms with Gasteiger partial charge in [-0.1, -0.05) is 30.3 Å². The van der Waals surface area contributed by atoms with Gasteiger partial charge in [0.25, 0.3) is 0 Å². The molecule has 0 heterocycles. The minimum Gasteiger partial charge on any atom is -0.496 e. The van der Waals surface area contributed by atoms with E-state index in [-0.39, 0.29) is 5.57 Å². The van der Waals surface area contributed by atoms with E-state index in [1.807, 2.05) is 30.3 Å². The van der Waals surface area contributed by atoms with Gasteiger partial charge in [0.2, 0.25) is 0 Å². The Labute approximate surface area is 82.6 Å². The summed E-state index contributed by atoms with van der Waals surface area (Å²) in [5.41, 5.74) is 0.980. The zero-order chi connectivity index (χ0) is 10.6. The van der Waals surface area contributed by atoms with Gasteiger partial charge in [-0.15, -0.1) is 0 Å². The lowest BCUT2D eigenvalue weighted by molar-refractivity contribution is -0.132. The summed E-state index contributed by atoms with van der Waals surface area (Å²) in [7, 11) is 1.47. The zero-order valence-corrected chi connectivity index (χ0v) is 8.15. The fraction of sp³-hybridized carbons (Fsp3) is 0.182. The molecular formula is C11H12O3. The number of hydrogen-bond acceptors (Lipinski definition) is 2. The summed E-state index contributed by atoms with van der Waals surface area (Å²) in [6.45, 7) is 1.52. The monoisotopic (exact) mass is 192 g/mol. The molecule has 0 spiro atoms. The number of aliphatic carboxylic acids is 1. The van der Waals surface area contributed by atoms with E-state index in [1.165, 1.54) is 14.0 Å². The number of carboxylic acid groups (broad SMARTS) is 1. The molecule has 0 aromatic heterocycles. The van der Waals surface area contributed by atoms with Gasteiger partial charge in [-0.05, 0) is 6.92 Å². The van der Waals surface area contributed by atoms with Crippen LogP contribution in [0.1, 0.15) is 12.5 Å². The third-order valence-corrected chi connectivity index (χ3v) is 1.90. The van der Waals surface area contributed by atoms with Crippen LogP contribution in [0.15, 0.2) is 35.9 Å². The second-order valence-electron chi connectivity index (χ2n) is 2.83. The molecule has 0 saturated carbocycles. The predicted octanol–water partition coefficient (Wildman–Crippen LogP) is 2.15. The Morgan fingerprint density at radius 1 is 1.29 bits per heavy atom. The molecule has 0 unspecified atom stereocenters. The number of carbonyl (C=O) groups is 1. The van der Waals surface area contributed by atoms with Crippen molar-refractivity contribution in [3.8, 4) is 0 Å². The van der Waals surface area contributed by atoms with E-state index in [2.05, 4.69) is 0 Å². The lowest BCUT2D eigenvalue weighted by atomic mass is 10.1. The molecular weight excluding hydrogens is 180 g/mol. The summed E-state index contributed by atoms with van der Waals surface area (Å²) in [6, 6.07) is 9.16. The molecule has 0 aliphatic carbocycles. The minimum atomic E-state index is -0.967. The molecule has 0 aliphatic heterocycles. The highest BCUT2D eigenvalue weighted by atomic mass is 16.5. The maximum atomic E-state index is 10.7. The van der Waals surface area contributed by atoms with Crippen LogP contribution in [-0.2, 0) is 9.53 Å². The van der Waals surface area contributed by atoms with Crippen molar-refractivity contribution < 1.29 is 14.6 Å². The van der Waals surface area contributed by atoms with Crippen molar-refractivity contribution in [2.45, 2.75) is 6.92 Å². The fourth-order valence-corrected chi connectivity index (χ4v) is 1.17. The molecule has 0 atom stereocenters.